The van der Waals surface area contributed by atoms with Crippen molar-refractivity contribution in [2.45, 2.75) is 39.5 Å². The molecule has 1 aromatic carbocycles. The molecule has 1 heterocycles. The molecule has 2 atom stereocenters. The van der Waals surface area contributed by atoms with Crippen molar-refractivity contribution in [3.63, 3.8) is 0 Å². The van der Waals surface area contributed by atoms with Crippen molar-refractivity contribution in [2.24, 2.45) is 0 Å². The molecule has 112 valence electrons. The lowest BCUT2D eigenvalue weighted by atomic mass is 10.1. The maximum atomic E-state index is 14.2. The van der Waals surface area contributed by atoms with Gasteiger partial charge >= 0.3 is 0 Å². The number of halogens is 2. The molecular formula is C15H22F2N2O. The van der Waals surface area contributed by atoms with Crippen LogP contribution < -0.4 is 10.2 Å². The third-order valence-electron chi connectivity index (χ3n) is 3.39. The summed E-state index contributed by atoms with van der Waals surface area (Å²) in [6.07, 6.45) is -0.0574. The molecule has 2 rings (SSSR count). The van der Waals surface area contributed by atoms with Crippen molar-refractivity contribution < 1.29 is 13.5 Å². The first kappa shape index (κ1) is 15.2. The van der Waals surface area contributed by atoms with Crippen molar-refractivity contribution in [1.29, 1.82) is 0 Å². The van der Waals surface area contributed by atoms with Gasteiger partial charge in [-0.1, -0.05) is 6.92 Å². The molecule has 0 amide bonds. The molecule has 1 N–H and O–H groups in total. The second-order valence-corrected chi connectivity index (χ2v) is 5.35. The second-order valence-electron chi connectivity index (χ2n) is 5.35. The Morgan fingerprint density at radius 1 is 1.20 bits per heavy atom. The van der Waals surface area contributed by atoms with Gasteiger partial charge in [-0.05, 0) is 38.1 Å². The van der Waals surface area contributed by atoms with Crippen LogP contribution >= 0.6 is 0 Å². The fourth-order valence-corrected chi connectivity index (χ4v) is 2.65. The zero-order valence-corrected chi connectivity index (χ0v) is 12.2. The van der Waals surface area contributed by atoms with Gasteiger partial charge < -0.3 is 15.0 Å². The van der Waals surface area contributed by atoms with Crippen LogP contribution in [0.1, 0.15) is 26.3 Å². The predicted octanol–water partition coefficient (Wildman–Crippen LogP) is 2.69. The number of rotatable bonds is 4. The van der Waals surface area contributed by atoms with E-state index in [0.717, 1.165) is 6.54 Å². The lowest BCUT2D eigenvalue weighted by Crippen LogP contribution is -2.46. The summed E-state index contributed by atoms with van der Waals surface area (Å²) in [5.74, 6) is -1.00. The topological polar surface area (TPSA) is 24.5 Å². The molecule has 5 heteroatoms. The van der Waals surface area contributed by atoms with Crippen LogP contribution in [0.15, 0.2) is 12.1 Å². The highest BCUT2D eigenvalue weighted by molar-refractivity contribution is 5.51. The fraction of sp³-hybridized carbons (Fsp3) is 0.600. The minimum Gasteiger partial charge on any atom is -0.372 e. The van der Waals surface area contributed by atoms with Crippen LogP contribution in [-0.2, 0) is 11.3 Å². The molecule has 0 aromatic heterocycles. The number of nitrogens with one attached hydrogen (secondary N) is 1. The van der Waals surface area contributed by atoms with Crippen molar-refractivity contribution >= 4 is 5.69 Å². The van der Waals surface area contributed by atoms with Gasteiger partial charge in [-0.3, -0.25) is 0 Å². The minimum atomic E-state index is -0.501. The summed E-state index contributed by atoms with van der Waals surface area (Å²) in [6.45, 7) is 8.03. The summed E-state index contributed by atoms with van der Waals surface area (Å²) in [7, 11) is 0. The van der Waals surface area contributed by atoms with Crippen LogP contribution in [0, 0.1) is 11.6 Å². The van der Waals surface area contributed by atoms with Crippen LogP contribution in [0.3, 0.4) is 0 Å². The molecule has 0 saturated carbocycles. The molecular weight excluding hydrogens is 262 g/mol. The van der Waals surface area contributed by atoms with E-state index in [1.807, 2.05) is 20.8 Å². The third-order valence-corrected chi connectivity index (χ3v) is 3.39. The smallest absolute Gasteiger partial charge is 0.149 e. The lowest BCUT2D eigenvalue weighted by Gasteiger charge is -2.37. The van der Waals surface area contributed by atoms with Crippen LogP contribution in [0.5, 0.6) is 0 Å². The highest BCUT2D eigenvalue weighted by Crippen LogP contribution is 2.28. The Hall–Kier alpha value is -1.20. The molecule has 1 aliphatic heterocycles. The Kier molecular flexibility index (Phi) is 4.94. The minimum absolute atomic E-state index is 0.0287. The zero-order chi connectivity index (χ0) is 14.7. The zero-order valence-electron chi connectivity index (χ0n) is 12.2. The van der Waals surface area contributed by atoms with Crippen LogP contribution in [-0.4, -0.2) is 31.8 Å². The van der Waals surface area contributed by atoms with Crippen molar-refractivity contribution in [3.05, 3.63) is 29.3 Å². The van der Waals surface area contributed by atoms with E-state index in [2.05, 4.69) is 5.32 Å². The average molecular weight is 284 g/mol. The summed E-state index contributed by atoms with van der Waals surface area (Å²) < 4.78 is 34.1. The van der Waals surface area contributed by atoms with Gasteiger partial charge in [0.25, 0.3) is 0 Å². The van der Waals surface area contributed by atoms with Gasteiger partial charge in [-0.25, -0.2) is 8.78 Å². The Balaban J connectivity index is 2.23. The van der Waals surface area contributed by atoms with E-state index in [9.17, 15) is 8.78 Å². The monoisotopic (exact) mass is 284 g/mol. The van der Waals surface area contributed by atoms with Crippen molar-refractivity contribution in [3.8, 4) is 0 Å². The van der Waals surface area contributed by atoms with Crippen LogP contribution in [0.4, 0.5) is 14.5 Å². The second kappa shape index (κ2) is 6.50. The Bertz CT molecular complexity index is 434. The number of nitrogens with zero attached hydrogens (tertiary/aromatic N) is 1. The highest BCUT2D eigenvalue weighted by Gasteiger charge is 2.26. The Morgan fingerprint density at radius 2 is 1.75 bits per heavy atom. The molecule has 0 bridgehead atoms. The van der Waals surface area contributed by atoms with E-state index in [-0.39, 0.29) is 17.9 Å². The van der Waals surface area contributed by atoms with Gasteiger partial charge in [0.05, 0.1) is 12.2 Å². The Labute approximate surface area is 118 Å². The van der Waals surface area contributed by atoms with E-state index in [4.69, 9.17) is 4.74 Å². The van der Waals surface area contributed by atoms with Gasteiger partial charge in [0.2, 0.25) is 0 Å². The van der Waals surface area contributed by atoms with E-state index >= 15 is 0 Å². The molecule has 0 spiro atoms. The molecule has 0 radical (unpaired) electrons. The molecule has 0 aliphatic carbocycles. The summed E-state index contributed by atoms with van der Waals surface area (Å²) in [5, 5.41) is 3.07. The molecule has 1 saturated heterocycles. The number of hydrogen-bond acceptors (Lipinski definition) is 3. The largest absolute Gasteiger partial charge is 0.372 e. The summed E-state index contributed by atoms with van der Waals surface area (Å²) >= 11 is 0. The van der Waals surface area contributed by atoms with E-state index < -0.39 is 11.6 Å². The van der Waals surface area contributed by atoms with Crippen LogP contribution in [0.25, 0.3) is 0 Å². The third kappa shape index (κ3) is 3.46. The lowest BCUT2D eigenvalue weighted by molar-refractivity contribution is -0.00558. The molecule has 1 aliphatic rings. The van der Waals surface area contributed by atoms with Crippen LogP contribution in [0.2, 0.25) is 0 Å². The van der Waals surface area contributed by atoms with Gasteiger partial charge in [-0.2, -0.15) is 0 Å². The first-order chi connectivity index (χ1) is 9.51. The molecule has 1 aromatic rings. The van der Waals surface area contributed by atoms with Gasteiger partial charge in [0.1, 0.15) is 17.3 Å². The summed E-state index contributed by atoms with van der Waals surface area (Å²) in [5.41, 5.74) is 0.687. The fourth-order valence-electron chi connectivity index (χ4n) is 2.65. The molecule has 2 unspecified atom stereocenters. The molecule has 1 fully saturated rings. The predicted molar refractivity (Wildman–Crippen MR) is 76.0 cm³/mol. The standard InChI is InChI=1S/C15H22F2N2O/c1-4-18-7-12-5-13(16)15(14(17)6-12)19-8-10(2)20-11(3)9-19/h5-6,10-11,18H,4,7-9H2,1-3H3. The van der Waals surface area contributed by atoms with Gasteiger partial charge in [0, 0.05) is 19.6 Å². The number of anilines is 1. The van der Waals surface area contributed by atoms with E-state index in [1.165, 1.54) is 12.1 Å². The number of hydrogen-bond donors (Lipinski definition) is 1. The molecule has 20 heavy (non-hydrogen) atoms. The average Bonchev–Trinajstić information content (AvgIpc) is 2.34. The van der Waals surface area contributed by atoms with Gasteiger partial charge in [-0.15, -0.1) is 0 Å². The molecule has 3 nitrogen and oxygen atoms in total. The summed E-state index contributed by atoms with van der Waals surface area (Å²) in [4.78, 5) is 1.74. The maximum absolute atomic E-state index is 14.2. The Morgan fingerprint density at radius 3 is 2.25 bits per heavy atom. The summed E-state index contributed by atoms with van der Waals surface area (Å²) in [6, 6.07) is 2.82. The number of morpholine rings is 1. The normalized spacial score (nSPS) is 23.1. The first-order valence-electron chi connectivity index (χ1n) is 7.10. The maximum Gasteiger partial charge on any atom is 0.149 e. The van der Waals surface area contributed by atoms with Crippen molar-refractivity contribution in [2.75, 3.05) is 24.5 Å². The van der Waals surface area contributed by atoms with E-state index in [0.29, 0.717) is 25.2 Å². The quantitative estimate of drug-likeness (QED) is 0.920. The first-order valence-corrected chi connectivity index (χ1v) is 7.10. The number of ether oxygens (including phenoxy) is 1. The van der Waals surface area contributed by atoms with E-state index in [1.54, 1.807) is 4.90 Å². The van der Waals surface area contributed by atoms with Gasteiger partial charge in [0.15, 0.2) is 0 Å². The SMILES string of the molecule is CCNCc1cc(F)c(N2CC(C)OC(C)C2)c(F)c1. The highest BCUT2D eigenvalue weighted by atomic mass is 19.1. The van der Waals surface area contributed by atoms with Crippen molar-refractivity contribution in [1.82, 2.24) is 5.32 Å². The number of benzene rings is 1.